The van der Waals surface area contributed by atoms with Gasteiger partial charge in [0.2, 0.25) is 0 Å². The van der Waals surface area contributed by atoms with E-state index in [2.05, 4.69) is 17.3 Å². The lowest BCUT2D eigenvalue weighted by atomic mass is 10.1. The van der Waals surface area contributed by atoms with Gasteiger partial charge in [0.15, 0.2) is 0 Å². The van der Waals surface area contributed by atoms with Gasteiger partial charge in [-0.2, -0.15) is 4.31 Å². The Balaban J connectivity index is 2.07. The third-order valence-corrected chi connectivity index (χ3v) is 7.48. The van der Waals surface area contributed by atoms with Gasteiger partial charge in [0.1, 0.15) is 4.21 Å². The fourth-order valence-corrected chi connectivity index (χ4v) is 5.46. The number of rotatable bonds is 6. The normalized spacial score (nSPS) is 18.5. The molecule has 1 saturated heterocycles. The Bertz CT molecular complexity index is 548. The molecule has 0 aromatic carbocycles. The Morgan fingerprint density at radius 3 is 2.67 bits per heavy atom. The van der Waals surface area contributed by atoms with Crippen LogP contribution in [0.2, 0.25) is 0 Å². The molecule has 1 aliphatic rings. The third-order valence-electron chi connectivity index (χ3n) is 4.02. The van der Waals surface area contributed by atoms with E-state index in [0.717, 1.165) is 43.9 Å². The molecule has 2 heterocycles. The highest BCUT2D eigenvalue weighted by Gasteiger charge is 2.31. The summed E-state index contributed by atoms with van der Waals surface area (Å²) in [5.74, 6) is 0. The van der Waals surface area contributed by atoms with Crippen LogP contribution in [-0.2, 0) is 16.6 Å². The van der Waals surface area contributed by atoms with Gasteiger partial charge in [-0.15, -0.1) is 11.3 Å². The SMILES string of the molecule is CCNCc1ccc(S(=O)(=O)N(C)C2CCN(C)CC2)s1. The standard InChI is InChI=1S/C14H25N3O2S2/c1-4-15-11-13-5-6-14(20-13)21(18,19)17(3)12-7-9-16(2)10-8-12/h5-6,12,15H,4,7-11H2,1-3H3. The van der Waals surface area contributed by atoms with Crippen molar-refractivity contribution in [1.29, 1.82) is 0 Å². The molecule has 21 heavy (non-hydrogen) atoms. The first-order chi connectivity index (χ1) is 9.95. The molecule has 1 fully saturated rings. The molecule has 7 heteroatoms. The first-order valence-electron chi connectivity index (χ1n) is 7.41. The lowest BCUT2D eigenvalue weighted by Crippen LogP contribution is -2.44. The second-order valence-corrected chi connectivity index (χ2v) is 8.95. The molecule has 0 aliphatic carbocycles. The predicted molar refractivity (Wildman–Crippen MR) is 87.2 cm³/mol. The highest BCUT2D eigenvalue weighted by Crippen LogP contribution is 2.27. The zero-order valence-corrected chi connectivity index (χ0v) is 14.6. The van der Waals surface area contributed by atoms with Gasteiger partial charge in [-0.05, 0) is 51.7 Å². The van der Waals surface area contributed by atoms with Crippen LogP contribution in [-0.4, -0.2) is 57.4 Å². The van der Waals surface area contributed by atoms with Crippen molar-refractivity contribution in [3.8, 4) is 0 Å². The molecule has 2 rings (SSSR count). The number of piperidine rings is 1. The fourth-order valence-electron chi connectivity index (χ4n) is 2.54. The van der Waals surface area contributed by atoms with E-state index in [1.54, 1.807) is 17.4 Å². The largest absolute Gasteiger partial charge is 0.312 e. The van der Waals surface area contributed by atoms with E-state index in [0.29, 0.717) is 4.21 Å². The predicted octanol–water partition coefficient (Wildman–Crippen LogP) is 1.57. The van der Waals surface area contributed by atoms with Gasteiger partial charge in [0, 0.05) is 24.5 Å². The Morgan fingerprint density at radius 2 is 2.05 bits per heavy atom. The Hall–Kier alpha value is -0.470. The third kappa shape index (κ3) is 4.04. The van der Waals surface area contributed by atoms with Gasteiger partial charge < -0.3 is 10.2 Å². The summed E-state index contributed by atoms with van der Waals surface area (Å²) in [7, 11) is 0.443. The molecule has 1 aromatic heterocycles. The van der Waals surface area contributed by atoms with Crippen LogP contribution >= 0.6 is 11.3 Å². The maximum absolute atomic E-state index is 12.7. The molecule has 0 spiro atoms. The summed E-state index contributed by atoms with van der Waals surface area (Å²) in [6.45, 7) is 5.57. The van der Waals surface area contributed by atoms with Crippen molar-refractivity contribution in [2.45, 2.75) is 36.6 Å². The van der Waals surface area contributed by atoms with E-state index in [4.69, 9.17) is 0 Å². The molecular weight excluding hydrogens is 306 g/mol. The van der Waals surface area contributed by atoms with Gasteiger partial charge in [-0.1, -0.05) is 6.92 Å². The monoisotopic (exact) mass is 331 g/mol. The molecule has 120 valence electrons. The van der Waals surface area contributed by atoms with Crippen molar-refractivity contribution in [3.05, 3.63) is 17.0 Å². The van der Waals surface area contributed by atoms with E-state index >= 15 is 0 Å². The van der Waals surface area contributed by atoms with Crippen LogP contribution in [0.1, 0.15) is 24.6 Å². The van der Waals surface area contributed by atoms with E-state index in [-0.39, 0.29) is 6.04 Å². The summed E-state index contributed by atoms with van der Waals surface area (Å²) in [5.41, 5.74) is 0. The van der Waals surface area contributed by atoms with Crippen LogP contribution in [0.25, 0.3) is 0 Å². The molecule has 1 aliphatic heterocycles. The summed E-state index contributed by atoms with van der Waals surface area (Å²) in [5, 5.41) is 3.22. The average Bonchev–Trinajstić information content (AvgIpc) is 2.94. The smallest absolute Gasteiger partial charge is 0.252 e. The van der Waals surface area contributed by atoms with Crippen molar-refractivity contribution in [3.63, 3.8) is 0 Å². The summed E-state index contributed by atoms with van der Waals surface area (Å²) in [6.07, 6.45) is 1.81. The number of nitrogens with one attached hydrogen (secondary N) is 1. The lowest BCUT2D eigenvalue weighted by Gasteiger charge is -2.34. The van der Waals surface area contributed by atoms with Gasteiger partial charge in [-0.3, -0.25) is 0 Å². The molecule has 1 aromatic rings. The van der Waals surface area contributed by atoms with Crippen LogP contribution in [0, 0.1) is 0 Å². The van der Waals surface area contributed by atoms with Crippen molar-refractivity contribution >= 4 is 21.4 Å². The topological polar surface area (TPSA) is 52.7 Å². The Morgan fingerprint density at radius 1 is 1.38 bits per heavy atom. The molecule has 0 saturated carbocycles. The molecular formula is C14H25N3O2S2. The van der Waals surface area contributed by atoms with Crippen molar-refractivity contribution in [2.75, 3.05) is 33.7 Å². The number of nitrogens with zero attached hydrogens (tertiary/aromatic N) is 2. The van der Waals surface area contributed by atoms with Crippen LogP contribution in [0.5, 0.6) is 0 Å². The molecule has 0 atom stereocenters. The molecule has 1 N–H and O–H groups in total. The second-order valence-electron chi connectivity index (χ2n) is 5.56. The van der Waals surface area contributed by atoms with Crippen molar-refractivity contribution < 1.29 is 8.42 Å². The summed E-state index contributed by atoms with van der Waals surface area (Å²) in [6, 6.07) is 3.76. The molecule has 5 nitrogen and oxygen atoms in total. The van der Waals surface area contributed by atoms with Crippen molar-refractivity contribution in [2.24, 2.45) is 0 Å². The Kier molecular flexibility index (Phi) is 5.79. The van der Waals surface area contributed by atoms with E-state index < -0.39 is 10.0 Å². The number of thiophene rings is 1. The first kappa shape index (κ1) is 16.9. The van der Waals surface area contributed by atoms with E-state index in [1.165, 1.54) is 11.3 Å². The van der Waals surface area contributed by atoms with Crippen LogP contribution in [0.4, 0.5) is 0 Å². The first-order valence-corrected chi connectivity index (χ1v) is 9.66. The number of sulfonamides is 1. The van der Waals surface area contributed by atoms with Crippen LogP contribution in [0.3, 0.4) is 0 Å². The van der Waals surface area contributed by atoms with Gasteiger partial charge >= 0.3 is 0 Å². The zero-order valence-electron chi connectivity index (χ0n) is 13.0. The minimum absolute atomic E-state index is 0.116. The van der Waals surface area contributed by atoms with E-state index in [1.807, 2.05) is 13.0 Å². The second kappa shape index (κ2) is 7.19. The maximum Gasteiger partial charge on any atom is 0.252 e. The molecule has 0 unspecified atom stereocenters. The molecule has 0 radical (unpaired) electrons. The van der Waals surface area contributed by atoms with Gasteiger partial charge in [0.25, 0.3) is 10.0 Å². The number of hydrogen-bond acceptors (Lipinski definition) is 5. The summed E-state index contributed by atoms with van der Waals surface area (Å²) >= 11 is 1.37. The maximum atomic E-state index is 12.7. The highest BCUT2D eigenvalue weighted by molar-refractivity contribution is 7.91. The van der Waals surface area contributed by atoms with Crippen LogP contribution < -0.4 is 5.32 Å². The zero-order chi connectivity index (χ0) is 15.5. The van der Waals surface area contributed by atoms with Crippen LogP contribution in [0.15, 0.2) is 16.3 Å². The highest BCUT2D eigenvalue weighted by atomic mass is 32.2. The lowest BCUT2D eigenvalue weighted by molar-refractivity contribution is 0.198. The summed E-state index contributed by atoms with van der Waals surface area (Å²) < 4.78 is 27.4. The summed E-state index contributed by atoms with van der Waals surface area (Å²) in [4.78, 5) is 3.31. The average molecular weight is 332 g/mol. The minimum atomic E-state index is -3.35. The van der Waals surface area contributed by atoms with Gasteiger partial charge in [-0.25, -0.2) is 8.42 Å². The quantitative estimate of drug-likeness (QED) is 0.860. The molecule has 0 amide bonds. The minimum Gasteiger partial charge on any atom is -0.312 e. The number of likely N-dealkylation sites (tertiary alicyclic amines) is 1. The number of hydrogen-bond donors (Lipinski definition) is 1. The van der Waals surface area contributed by atoms with E-state index in [9.17, 15) is 8.42 Å². The fraction of sp³-hybridized carbons (Fsp3) is 0.714. The van der Waals surface area contributed by atoms with Gasteiger partial charge in [0.05, 0.1) is 0 Å². The molecule has 0 bridgehead atoms. The Labute approximate surface area is 132 Å². The van der Waals surface area contributed by atoms with Crippen molar-refractivity contribution in [1.82, 2.24) is 14.5 Å².